The van der Waals surface area contributed by atoms with Crippen molar-refractivity contribution in [3.05, 3.63) is 24.3 Å². The summed E-state index contributed by atoms with van der Waals surface area (Å²) in [7, 11) is 0. The molecule has 0 fully saturated rings. The number of alkyl halides is 1. The average Bonchev–Trinajstić information content (AvgIpc) is 2.35. The minimum absolute atomic E-state index is 0.126. The molecule has 1 unspecified atom stereocenters. The fraction of sp³-hybridized carbons (Fsp3) is 0.545. The molecule has 0 saturated carbocycles. The molecule has 1 amide bonds. The Hall–Kier alpha value is -1.16. The first kappa shape index (κ1) is 12.9. The zero-order valence-electron chi connectivity index (χ0n) is 9.32. The summed E-state index contributed by atoms with van der Waals surface area (Å²) < 4.78 is 0. The van der Waals surface area contributed by atoms with E-state index in [4.69, 9.17) is 11.6 Å². The Balaban J connectivity index is 2.21. The molecule has 0 spiro atoms. The van der Waals surface area contributed by atoms with Crippen LogP contribution in [0.15, 0.2) is 18.7 Å². The van der Waals surface area contributed by atoms with Gasteiger partial charge >= 0.3 is 0 Å². The predicted octanol–water partition coefficient (Wildman–Crippen LogP) is 1.86. The van der Waals surface area contributed by atoms with Crippen LogP contribution in [0.5, 0.6) is 0 Å². The minimum atomic E-state index is -0.126. The van der Waals surface area contributed by atoms with E-state index >= 15 is 0 Å². The monoisotopic (exact) mass is 241 g/mol. The number of amides is 1. The van der Waals surface area contributed by atoms with Crippen LogP contribution in [-0.2, 0) is 0 Å². The molecule has 1 atom stereocenters. The van der Waals surface area contributed by atoms with Gasteiger partial charge in [-0.15, -0.1) is 11.6 Å². The van der Waals surface area contributed by atoms with Crippen molar-refractivity contribution in [1.29, 1.82) is 0 Å². The summed E-state index contributed by atoms with van der Waals surface area (Å²) in [5.41, 5.74) is 0.493. The van der Waals surface area contributed by atoms with E-state index in [9.17, 15) is 4.79 Å². The summed E-state index contributed by atoms with van der Waals surface area (Å²) in [6.07, 6.45) is 6.37. The van der Waals surface area contributed by atoms with Gasteiger partial charge in [0, 0.05) is 24.8 Å². The summed E-state index contributed by atoms with van der Waals surface area (Å²) in [6, 6.07) is 0. The van der Waals surface area contributed by atoms with Crippen molar-refractivity contribution < 1.29 is 4.79 Å². The molecule has 0 saturated heterocycles. The molecular weight excluding hydrogens is 226 g/mol. The number of halogens is 1. The lowest BCUT2D eigenvalue weighted by atomic mass is 10.1. The lowest BCUT2D eigenvalue weighted by molar-refractivity contribution is 0.0952. The van der Waals surface area contributed by atoms with Crippen molar-refractivity contribution >= 4 is 17.5 Å². The van der Waals surface area contributed by atoms with Crippen LogP contribution >= 0.6 is 11.6 Å². The van der Waals surface area contributed by atoms with Gasteiger partial charge in [-0.2, -0.15) is 0 Å². The third kappa shape index (κ3) is 4.57. The molecule has 5 heteroatoms. The maximum Gasteiger partial charge on any atom is 0.254 e. The first-order valence-electron chi connectivity index (χ1n) is 5.33. The zero-order chi connectivity index (χ0) is 11.8. The fourth-order valence-electron chi connectivity index (χ4n) is 1.25. The number of nitrogens with zero attached hydrogens (tertiary/aromatic N) is 2. The van der Waals surface area contributed by atoms with Gasteiger partial charge in [0.25, 0.3) is 5.91 Å². The van der Waals surface area contributed by atoms with Crippen LogP contribution in [0.3, 0.4) is 0 Å². The normalized spacial score (nSPS) is 12.1. The van der Waals surface area contributed by atoms with Crippen molar-refractivity contribution in [3.8, 4) is 0 Å². The Bertz CT molecular complexity index is 318. The van der Waals surface area contributed by atoms with Crippen molar-refractivity contribution in [2.75, 3.05) is 12.4 Å². The topological polar surface area (TPSA) is 54.9 Å². The van der Waals surface area contributed by atoms with Gasteiger partial charge in [-0.05, 0) is 18.8 Å². The number of nitrogens with one attached hydrogen (secondary N) is 1. The van der Waals surface area contributed by atoms with E-state index in [1.165, 1.54) is 18.7 Å². The summed E-state index contributed by atoms with van der Waals surface area (Å²) in [5, 5.41) is 2.82. The number of hydrogen-bond acceptors (Lipinski definition) is 3. The van der Waals surface area contributed by atoms with E-state index in [-0.39, 0.29) is 5.91 Å². The van der Waals surface area contributed by atoms with Gasteiger partial charge in [0.2, 0.25) is 0 Å². The fourth-order valence-corrected chi connectivity index (χ4v) is 1.40. The Kier molecular flexibility index (Phi) is 5.78. The van der Waals surface area contributed by atoms with Crippen molar-refractivity contribution in [2.45, 2.75) is 19.8 Å². The van der Waals surface area contributed by atoms with Crippen molar-refractivity contribution in [2.24, 2.45) is 5.92 Å². The van der Waals surface area contributed by atoms with Gasteiger partial charge < -0.3 is 5.32 Å². The molecule has 4 nitrogen and oxygen atoms in total. The highest BCUT2D eigenvalue weighted by Gasteiger charge is 2.05. The molecule has 0 aliphatic carbocycles. The SMILES string of the molecule is CC(CCl)CCCNC(=O)c1cncnc1. The third-order valence-electron chi connectivity index (χ3n) is 2.25. The van der Waals surface area contributed by atoms with Crippen LogP contribution in [0.2, 0.25) is 0 Å². The highest BCUT2D eigenvalue weighted by molar-refractivity contribution is 6.18. The van der Waals surface area contributed by atoms with Crippen LogP contribution < -0.4 is 5.32 Å². The Morgan fingerprint density at radius 1 is 1.50 bits per heavy atom. The summed E-state index contributed by atoms with van der Waals surface area (Å²) in [5.74, 6) is 1.04. The van der Waals surface area contributed by atoms with Crippen LogP contribution in [0.4, 0.5) is 0 Å². The molecule has 1 aromatic heterocycles. The lowest BCUT2D eigenvalue weighted by Gasteiger charge is -2.07. The summed E-state index contributed by atoms with van der Waals surface area (Å²) >= 11 is 5.69. The second kappa shape index (κ2) is 7.17. The number of carbonyl (C=O) groups excluding carboxylic acids is 1. The Morgan fingerprint density at radius 3 is 2.81 bits per heavy atom. The van der Waals surface area contributed by atoms with E-state index in [2.05, 4.69) is 22.2 Å². The summed E-state index contributed by atoms with van der Waals surface area (Å²) in [6.45, 7) is 2.76. The molecule has 1 N–H and O–H groups in total. The van der Waals surface area contributed by atoms with Crippen LogP contribution in [0, 0.1) is 5.92 Å². The predicted molar refractivity (Wildman–Crippen MR) is 63.5 cm³/mol. The number of rotatable bonds is 6. The highest BCUT2D eigenvalue weighted by atomic mass is 35.5. The van der Waals surface area contributed by atoms with Crippen LogP contribution in [-0.4, -0.2) is 28.3 Å². The largest absolute Gasteiger partial charge is 0.352 e. The Labute approximate surface area is 100 Å². The molecule has 88 valence electrons. The van der Waals surface area contributed by atoms with Gasteiger partial charge in [-0.25, -0.2) is 9.97 Å². The van der Waals surface area contributed by atoms with Gasteiger partial charge in [-0.3, -0.25) is 4.79 Å². The highest BCUT2D eigenvalue weighted by Crippen LogP contribution is 2.06. The van der Waals surface area contributed by atoms with Gasteiger partial charge in [0.1, 0.15) is 6.33 Å². The van der Waals surface area contributed by atoms with Crippen molar-refractivity contribution in [3.63, 3.8) is 0 Å². The average molecular weight is 242 g/mol. The van der Waals surface area contributed by atoms with E-state index in [1.54, 1.807) is 0 Å². The molecule has 0 aliphatic rings. The molecule has 1 rings (SSSR count). The molecule has 0 bridgehead atoms. The van der Waals surface area contributed by atoms with E-state index in [0.29, 0.717) is 23.9 Å². The van der Waals surface area contributed by atoms with Gasteiger partial charge in [-0.1, -0.05) is 6.92 Å². The molecule has 1 aromatic rings. The Morgan fingerprint density at radius 2 is 2.19 bits per heavy atom. The molecular formula is C11H16ClN3O. The maximum absolute atomic E-state index is 11.5. The van der Waals surface area contributed by atoms with E-state index < -0.39 is 0 Å². The lowest BCUT2D eigenvalue weighted by Crippen LogP contribution is -2.25. The molecule has 0 radical (unpaired) electrons. The van der Waals surface area contributed by atoms with E-state index in [0.717, 1.165) is 12.8 Å². The minimum Gasteiger partial charge on any atom is -0.352 e. The molecule has 16 heavy (non-hydrogen) atoms. The van der Waals surface area contributed by atoms with Crippen molar-refractivity contribution in [1.82, 2.24) is 15.3 Å². The second-order valence-corrected chi connectivity index (χ2v) is 4.09. The smallest absolute Gasteiger partial charge is 0.254 e. The molecule has 1 heterocycles. The molecule has 0 aliphatic heterocycles. The zero-order valence-corrected chi connectivity index (χ0v) is 10.1. The van der Waals surface area contributed by atoms with E-state index in [1.807, 2.05) is 0 Å². The molecule has 0 aromatic carbocycles. The summed E-state index contributed by atoms with van der Waals surface area (Å²) in [4.78, 5) is 19.1. The van der Waals surface area contributed by atoms with Crippen LogP contribution in [0.1, 0.15) is 30.1 Å². The van der Waals surface area contributed by atoms with Gasteiger partial charge in [0.05, 0.1) is 5.56 Å². The third-order valence-corrected chi connectivity index (χ3v) is 2.77. The standard InChI is InChI=1S/C11H16ClN3O/c1-9(5-12)3-2-4-15-11(16)10-6-13-8-14-7-10/h6-9H,2-5H2,1H3,(H,15,16). The number of aromatic nitrogens is 2. The van der Waals surface area contributed by atoms with Gasteiger partial charge in [0.15, 0.2) is 0 Å². The first-order chi connectivity index (χ1) is 7.74. The number of hydrogen-bond donors (Lipinski definition) is 1. The maximum atomic E-state index is 11.5. The first-order valence-corrected chi connectivity index (χ1v) is 5.86. The second-order valence-electron chi connectivity index (χ2n) is 3.78. The van der Waals surface area contributed by atoms with Crippen LogP contribution in [0.25, 0.3) is 0 Å². The number of carbonyl (C=O) groups is 1. The quantitative estimate of drug-likeness (QED) is 0.611.